The van der Waals surface area contributed by atoms with E-state index >= 15 is 0 Å². The first-order chi connectivity index (χ1) is 12.6. The van der Waals surface area contributed by atoms with Crippen LogP contribution in [0.3, 0.4) is 0 Å². The summed E-state index contributed by atoms with van der Waals surface area (Å²) in [6.45, 7) is 1.12. The Bertz CT molecular complexity index is 1070. The zero-order valence-corrected chi connectivity index (χ0v) is 15.9. The lowest BCUT2D eigenvalue weighted by Crippen LogP contribution is -2.16. The van der Waals surface area contributed by atoms with E-state index in [1.165, 1.54) is 12.1 Å². The fourth-order valence-corrected chi connectivity index (χ4v) is 5.65. The van der Waals surface area contributed by atoms with Gasteiger partial charge in [0, 0.05) is 12.1 Å². The van der Waals surface area contributed by atoms with Crippen LogP contribution in [-0.2, 0) is 19.7 Å². The quantitative estimate of drug-likeness (QED) is 0.544. The molecule has 0 atom stereocenters. The van der Waals surface area contributed by atoms with Crippen LogP contribution in [0.5, 0.6) is 0 Å². The van der Waals surface area contributed by atoms with E-state index in [4.69, 9.17) is 5.11 Å². The summed E-state index contributed by atoms with van der Waals surface area (Å²) in [5.74, 6) is -0.873. The summed E-state index contributed by atoms with van der Waals surface area (Å²) in [7, 11) is -8.23. The second-order valence-electron chi connectivity index (χ2n) is 5.68. The number of sulfone groups is 2. The van der Waals surface area contributed by atoms with Crippen LogP contribution in [0.4, 0.5) is 5.69 Å². The highest BCUT2D eigenvalue weighted by Gasteiger charge is 2.27. The molecule has 8 nitrogen and oxygen atoms in total. The SMILES string of the molecule is Cc1ccc(S(=O)(=O)C(=CCO)CS(=O)(=O)c2ccc([N+](=O)[O-])cc2)cc1. The minimum absolute atomic E-state index is 0.0910. The lowest BCUT2D eigenvalue weighted by Gasteiger charge is -2.11. The molecule has 0 amide bonds. The van der Waals surface area contributed by atoms with Crippen molar-refractivity contribution in [3.8, 4) is 0 Å². The number of hydrogen-bond acceptors (Lipinski definition) is 7. The Labute approximate surface area is 156 Å². The van der Waals surface area contributed by atoms with E-state index in [2.05, 4.69) is 0 Å². The summed E-state index contributed by atoms with van der Waals surface area (Å²) < 4.78 is 50.7. The van der Waals surface area contributed by atoms with Crippen LogP contribution >= 0.6 is 0 Å². The number of non-ortho nitro benzene ring substituents is 1. The van der Waals surface area contributed by atoms with Gasteiger partial charge in [0.05, 0.1) is 32.0 Å². The van der Waals surface area contributed by atoms with E-state index in [1.807, 2.05) is 0 Å². The molecule has 0 fully saturated rings. The molecule has 1 N–H and O–H groups in total. The van der Waals surface area contributed by atoms with Crippen molar-refractivity contribution in [2.75, 3.05) is 12.4 Å². The second kappa shape index (κ2) is 7.99. The van der Waals surface area contributed by atoms with Gasteiger partial charge in [0.15, 0.2) is 9.84 Å². The monoisotopic (exact) mass is 411 g/mol. The topological polar surface area (TPSA) is 132 Å². The van der Waals surface area contributed by atoms with E-state index in [-0.39, 0.29) is 15.5 Å². The summed E-state index contributed by atoms with van der Waals surface area (Å²) in [6.07, 6.45) is 0.929. The zero-order valence-electron chi connectivity index (χ0n) is 14.3. The van der Waals surface area contributed by atoms with Gasteiger partial charge in [0.25, 0.3) is 5.69 Å². The van der Waals surface area contributed by atoms with Gasteiger partial charge in [-0.2, -0.15) is 0 Å². The number of nitro groups is 1. The summed E-state index contributed by atoms with van der Waals surface area (Å²) >= 11 is 0. The minimum Gasteiger partial charge on any atom is -0.392 e. The summed E-state index contributed by atoms with van der Waals surface area (Å²) in [5, 5.41) is 19.8. The number of benzene rings is 2. The average Bonchev–Trinajstić information content (AvgIpc) is 2.61. The van der Waals surface area contributed by atoms with Gasteiger partial charge in [-0.15, -0.1) is 0 Å². The van der Waals surface area contributed by atoms with Crippen molar-refractivity contribution in [1.29, 1.82) is 0 Å². The third kappa shape index (κ3) is 4.79. The van der Waals surface area contributed by atoms with Gasteiger partial charge in [0.1, 0.15) is 0 Å². The van der Waals surface area contributed by atoms with E-state index in [1.54, 1.807) is 19.1 Å². The van der Waals surface area contributed by atoms with Gasteiger partial charge >= 0.3 is 0 Å². The first-order valence-electron chi connectivity index (χ1n) is 7.67. The zero-order chi connectivity index (χ0) is 20.2. The highest BCUT2D eigenvalue weighted by Crippen LogP contribution is 2.24. The molecular formula is C17H17NO7S2. The third-order valence-corrected chi connectivity index (χ3v) is 7.49. The highest BCUT2D eigenvalue weighted by atomic mass is 32.2. The standard InChI is InChI=1S/C17H17NO7S2/c1-13-2-6-16(7-3-13)27(24,25)17(10-11-19)12-26(22,23)15-8-4-14(5-9-15)18(20)21/h2-10,19H,11-12H2,1H3. The van der Waals surface area contributed by atoms with Crippen LogP contribution in [0.2, 0.25) is 0 Å². The largest absolute Gasteiger partial charge is 0.392 e. The van der Waals surface area contributed by atoms with Crippen molar-refractivity contribution in [3.63, 3.8) is 0 Å². The summed E-state index contributed by atoms with van der Waals surface area (Å²) in [5.41, 5.74) is 0.549. The normalized spacial score (nSPS) is 12.7. The highest BCUT2D eigenvalue weighted by molar-refractivity contribution is 7.98. The second-order valence-corrected chi connectivity index (χ2v) is 9.67. The van der Waals surface area contributed by atoms with E-state index in [0.717, 1.165) is 35.9 Å². The van der Waals surface area contributed by atoms with Gasteiger partial charge in [-0.3, -0.25) is 10.1 Å². The Balaban J connectivity index is 2.41. The lowest BCUT2D eigenvalue weighted by molar-refractivity contribution is -0.384. The predicted molar refractivity (Wildman–Crippen MR) is 98.7 cm³/mol. The molecule has 2 rings (SSSR count). The number of nitro benzene ring substituents is 1. The maximum absolute atomic E-state index is 12.8. The van der Waals surface area contributed by atoms with Gasteiger partial charge < -0.3 is 5.11 Å². The molecule has 0 spiro atoms. The van der Waals surface area contributed by atoms with Gasteiger partial charge in [-0.1, -0.05) is 17.7 Å². The maximum Gasteiger partial charge on any atom is 0.269 e. The van der Waals surface area contributed by atoms with Crippen LogP contribution in [-0.4, -0.2) is 39.2 Å². The number of aliphatic hydroxyl groups excluding tert-OH is 1. The third-order valence-electron chi connectivity index (χ3n) is 3.73. The Morgan fingerprint density at radius 2 is 1.52 bits per heavy atom. The average molecular weight is 411 g/mol. The fraction of sp³-hybridized carbons (Fsp3) is 0.176. The molecule has 0 aliphatic rings. The van der Waals surface area contributed by atoms with Crippen molar-refractivity contribution in [2.45, 2.75) is 16.7 Å². The first kappa shape index (κ1) is 20.7. The molecule has 0 aliphatic heterocycles. The Hall–Kier alpha value is -2.56. The van der Waals surface area contributed by atoms with Crippen molar-refractivity contribution in [2.24, 2.45) is 0 Å². The summed E-state index contributed by atoms with van der Waals surface area (Å²) in [6, 6.07) is 10.0. The fourth-order valence-electron chi connectivity index (χ4n) is 2.26. The van der Waals surface area contributed by atoms with Gasteiger partial charge in [-0.05, 0) is 37.3 Å². The Morgan fingerprint density at radius 3 is 2.00 bits per heavy atom. The molecular weight excluding hydrogens is 394 g/mol. The molecule has 0 aromatic heterocycles. The molecule has 0 saturated carbocycles. The van der Waals surface area contributed by atoms with Crippen LogP contribution in [0.25, 0.3) is 0 Å². The van der Waals surface area contributed by atoms with E-state index < -0.39 is 41.9 Å². The molecule has 144 valence electrons. The Kier molecular flexibility index (Phi) is 6.14. The van der Waals surface area contributed by atoms with Crippen LogP contribution < -0.4 is 0 Å². The predicted octanol–water partition coefficient (Wildman–Crippen LogP) is 2.03. The molecule has 0 unspecified atom stereocenters. The molecule has 10 heteroatoms. The molecule has 0 saturated heterocycles. The van der Waals surface area contributed by atoms with Gasteiger partial charge in [0.2, 0.25) is 9.84 Å². The maximum atomic E-state index is 12.8. The molecule has 0 bridgehead atoms. The van der Waals surface area contributed by atoms with E-state index in [0.29, 0.717) is 0 Å². The number of hydrogen-bond donors (Lipinski definition) is 1. The van der Waals surface area contributed by atoms with Crippen molar-refractivity contribution >= 4 is 25.4 Å². The minimum atomic E-state index is -4.13. The number of aryl methyl sites for hydroxylation is 1. The van der Waals surface area contributed by atoms with Gasteiger partial charge in [-0.25, -0.2) is 16.8 Å². The number of aliphatic hydroxyl groups is 1. The summed E-state index contributed by atoms with van der Waals surface area (Å²) in [4.78, 5) is 9.20. The smallest absolute Gasteiger partial charge is 0.269 e. The molecule has 0 aliphatic carbocycles. The molecule has 0 radical (unpaired) electrons. The number of rotatable bonds is 7. The van der Waals surface area contributed by atoms with Crippen LogP contribution in [0.15, 0.2) is 69.3 Å². The van der Waals surface area contributed by atoms with Crippen molar-refractivity contribution < 1.29 is 26.9 Å². The lowest BCUT2D eigenvalue weighted by atomic mass is 10.2. The van der Waals surface area contributed by atoms with E-state index in [9.17, 15) is 26.9 Å². The first-order valence-corrected chi connectivity index (χ1v) is 10.8. The van der Waals surface area contributed by atoms with Crippen LogP contribution in [0.1, 0.15) is 5.56 Å². The molecule has 0 heterocycles. The van der Waals surface area contributed by atoms with Crippen molar-refractivity contribution in [3.05, 3.63) is 75.2 Å². The Morgan fingerprint density at radius 1 is 1.00 bits per heavy atom. The van der Waals surface area contributed by atoms with Crippen molar-refractivity contribution in [1.82, 2.24) is 0 Å². The molecule has 2 aromatic carbocycles. The number of nitrogens with zero attached hydrogens (tertiary/aromatic N) is 1. The van der Waals surface area contributed by atoms with Crippen LogP contribution in [0, 0.1) is 17.0 Å². The molecule has 2 aromatic rings. The molecule has 27 heavy (non-hydrogen) atoms.